The molecule has 0 bridgehead atoms. The summed E-state index contributed by atoms with van der Waals surface area (Å²) in [6, 6.07) is 10.4. The largest absolute Gasteiger partial charge is 0.322 e. The Balaban J connectivity index is 1.89. The van der Waals surface area contributed by atoms with Crippen molar-refractivity contribution < 1.29 is 17.6 Å². The molecule has 0 saturated carbocycles. The first-order valence-corrected chi connectivity index (χ1v) is 9.88. The van der Waals surface area contributed by atoms with Crippen LogP contribution < -0.4 is 10.6 Å². The first kappa shape index (κ1) is 17.6. The highest BCUT2D eigenvalue weighted by molar-refractivity contribution is 7.90. The van der Waals surface area contributed by atoms with E-state index in [0.29, 0.717) is 11.1 Å². The monoisotopic (exact) mass is 362 g/mol. The van der Waals surface area contributed by atoms with Crippen LogP contribution in [-0.2, 0) is 14.6 Å². The van der Waals surface area contributed by atoms with Gasteiger partial charge < -0.3 is 10.6 Å². The van der Waals surface area contributed by atoms with E-state index in [0.717, 1.165) is 25.6 Å². The van der Waals surface area contributed by atoms with Crippen molar-refractivity contribution in [2.24, 2.45) is 0 Å². The van der Waals surface area contributed by atoms with E-state index in [-0.39, 0.29) is 22.5 Å². The van der Waals surface area contributed by atoms with Crippen LogP contribution >= 0.6 is 0 Å². The molecular formula is C18H19FN2O3S. The Hall–Kier alpha value is -2.25. The number of halogens is 1. The first-order chi connectivity index (χ1) is 11.9. The molecule has 1 unspecified atom stereocenters. The SMILES string of the molecule is CS(=O)(=O)c1ccccc1-c1ccc(NC(=O)C2CCCN2)c(F)c1. The van der Waals surface area contributed by atoms with Crippen LogP contribution in [0.25, 0.3) is 11.1 Å². The number of benzene rings is 2. The van der Waals surface area contributed by atoms with Crippen molar-refractivity contribution in [3.63, 3.8) is 0 Å². The van der Waals surface area contributed by atoms with Gasteiger partial charge in [0.1, 0.15) is 5.82 Å². The number of anilines is 1. The minimum absolute atomic E-state index is 0.0827. The second-order valence-electron chi connectivity index (χ2n) is 6.10. The number of carbonyl (C=O) groups excluding carboxylic acids is 1. The number of amides is 1. The topological polar surface area (TPSA) is 75.3 Å². The van der Waals surface area contributed by atoms with Gasteiger partial charge in [-0.15, -0.1) is 0 Å². The van der Waals surface area contributed by atoms with Gasteiger partial charge in [0.25, 0.3) is 0 Å². The van der Waals surface area contributed by atoms with E-state index in [1.165, 1.54) is 18.2 Å². The molecule has 2 N–H and O–H groups in total. The fourth-order valence-electron chi connectivity index (χ4n) is 2.94. The Morgan fingerprint density at radius 3 is 2.64 bits per heavy atom. The third kappa shape index (κ3) is 3.88. The quantitative estimate of drug-likeness (QED) is 0.877. The molecule has 2 aromatic carbocycles. The minimum atomic E-state index is -3.44. The lowest BCUT2D eigenvalue weighted by molar-refractivity contribution is -0.117. The van der Waals surface area contributed by atoms with Crippen molar-refractivity contribution in [2.75, 3.05) is 18.1 Å². The van der Waals surface area contributed by atoms with E-state index >= 15 is 0 Å². The van der Waals surface area contributed by atoms with Crippen LogP contribution in [0, 0.1) is 5.82 Å². The number of carbonyl (C=O) groups is 1. The zero-order chi connectivity index (χ0) is 18.0. The molecule has 1 heterocycles. The lowest BCUT2D eigenvalue weighted by atomic mass is 10.0. The molecule has 1 amide bonds. The standard InChI is InChI=1S/C18H19FN2O3S/c1-25(23,24)17-7-3-2-5-13(17)12-8-9-15(14(19)11-12)21-18(22)16-6-4-10-20-16/h2-3,5,7-9,11,16,20H,4,6,10H2,1H3,(H,21,22). The highest BCUT2D eigenvalue weighted by Crippen LogP contribution is 2.29. The minimum Gasteiger partial charge on any atom is -0.322 e. The molecule has 1 aliphatic heterocycles. The van der Waals surface area contributed by atoms with E-state index in [9.17, 15) is 17.6 Å². The number of rotatable bonds is 4. The van der Waals surface area contributed by atoms with Crippen LogP contribution in [0.3, 0.4) is 0 Å². The van der Waals surface area contributed by atoms with Gasteiger partial charge in [0.2, 0.25) is 5.91 Å². The molecule has 132 valence electrons. The zero-order valence-electron chi connectivity index (χ0n) is 13.8. The summed E-state index contributed by atoms with van der Waals surface area (Å²) in [5, 5.41) is 5.64. The van der Waals surface area contributed by atoms with Crippen molar-refractivity contribution in [1.29, 1.82) is 0 Å². The maximum absolute atomic E-state index is 14.4. The molecule has 1 saturated heterocycles. The van der Waals surface area contributed by atoms with Gasteiger partial charge in [0.15, 0.2) is 9.84 Å². The van der Waals surface area contributed by atoms with Gasteiger partial charge in [-0.05, 0) is 43.1 Å². The summed E-state index contributed by atoms with van der Waals surface area (Å²) in [5.41, 5.74) is 0.953. The molecule has 1 aliphatic rings. The van der Waals surface area contributed by atoms with E-state index in [1.807, 2.05) is 0 Å². The van der Waals surface area contributed by atoms with Crippen molar-refractivity contribution in [1.82, 2.24) is 5.32 Å². The Labute approximate surface area is 146 Å². The van der Waals surface area contributed by atoms with Gasteiger partial charge in [-0.2, -0.15) is 0 Å². The van der Waals surface area contributed by atoms with Crippen molar-refractivity contribution in [2.45, 2.75) is 23.8 Å². The average Bonchev–Trinajstić information content (AvgIpc) is 3.10. The summed E-state index contributed by atoms with van der Waals surface area (Å²) in [6.07, 6.45) is 2.76. The van der Waals surface area contributed by atoms with E-state index in [2.05, 4.69) is 10.6 Å². The Bertz CT molecular complexity index is 906. The second kappa shape index (κ2) is 6.93. The molecule has 0 spiro atoms. The molecular weight excluding hydrogens is 343 g/mol. The highest BCUT2D eigenvalue weighted by atomic mass is 32.2. The summed E-state index contributed by atoms with van der Waals surface area (Å²) in [6.45, 7) is 0.780. The fourth-order valence-corrected chi connectivity index (χ4v) is 3.85. The fraction of sp³-hybridized carbons (Fsp3) is 0.278. The van der Waals surface area contributed by atoms with Gasteiger partial charge >= 0.3 is 0 Å². The Kier molecular flexibility index (Phi) is 4.87. The van der Waals surface area contributed by atoms with Gasteiger partial charge in [-0.3, -0.25) is 4.79 Å². The summed E-state index contributed by atoms with van der Waals surface area (Å²) < 4.78 is 38.3. The molecule has 25 heavy (non-hydrogen) atoms. The average molecular weight is 362 g/mol. The summed E-state index contributed by atoms with van der Waals surface area (Å²) in [4.78, 5) is 12.2. The highest BCUT2D eigenvalue weighted by Gasteiger charge is 2.23. The second-order valence-corrected chi connectivity index (χ2v) is 8.09. The lowest BCUT2D eigenvalue weighted by Crippen LogP contribution is -2.35. The number of sulfone groups is 1. The molecule has 1 fully saturated rings. The summed E-state index contributed by atoms with van der Waals surface area (Å²) >= 11 is 0. The van der Waals surface area contributed by atoms with Crippen LogP contribution in [0.4, 0.5) is 10.1 Å². The maximum Gasteiger partial charge on any atom is 0.241 e. The van der Waals surface area contributed by atoms with Gasteiger partial charge in [0.05, 0.1) is 16.6 Å². The molecule has 3 rings (SSSR count). The predicted molar refractivity (Wildman–Crippen MR) is 94.6 cm³/mol. The van der Waals surface area contributed by atoms with E-state index in [1.54, 1.807) is 24.3 Å². The van der Waals surface area contributed by atoms with Crippen LogP contribution in [-0.4, -0.2) is 33.2 Å². The van der Waals surface area contributed by atoms with Gasteiger partial charge in [-0.1, -0.05) is 24.3 Å². The Morgan fingerprint density at radius 2 is 2.00 bits per heavy atom. The number of hydrogen-bond acceptors (Lipinski definition) is 4. The third-order valence-electron chi connectivity index (χ3n) is 4.20. The zero-order valence-corrected chi connectivity index (χ0v) is 14.6. The summed E-state index contributed by atoms with van der Waals surface area (Å²) in [5.74, 6) is -0.868. The smallest absolute Gasteiger partial charge is 0.241 e. The van der Waals surface area contributed by atoms with Crippen LogP contribution in [0.1, 0.15) is 12.8 Å². The Morgan fingerprint density at radius 1 is 1.24 bits per heavy atom. The van der Waals surface area contributed by atoms with Crippen LogP contribution in [0.15, 0.2) is 47.4 Å². The third-order valence-corrected chi connectivity index (χ3v) is 5.36. The molecule has 5 nitrogen and oxygen atoms in total. The van der Waals surface area contributed by atoms with Crippen LogP contribution in [0.2, 0.25) is 0 Å². The number of nitrogens with one attached hydrogen (secondary N) is 2. The summed E-state index contributed by atoms with van der Waals surface area (Å²) in [7, 11) is -3.44. The normalized spacial score (nSPS) is 17.4. The maximum atomic E-state index is 14.4. The van der Waals surface area contributed by atoms with Crippen molar-refractivity contribution in [3.05, 3.63) is 48.3 Å². The van der Waals surface area contributed by atoms with Crippen molar-refractivity contribution in [3.8, 4) is 11.1 Å². The molecule has 0 aliphatic carbocycles. The first-order valence-electron chi connectivity index (χ1n) is 7.99. The molecule has 0 radical (unpaired) electrons. The van der Waals surface area contributed by atoms with E-state index in [4.69, 9.17) is 0 Å². The van der Waals surface area contributed by atoms with Gasteiger partial charge in [-0.25, -0.2) is 12.8 Å². The lowest BCUT2D eigenvalue weighted by Gasteiger charge is -2.13. The predicted octanol–water partition coefficient (Wildman–Crippen LogP) is 2.59. The molecule has 7 heteroatoms. The van der Waals surface area contributed by atoms with Gasteiger partial charge in [0, 0.05) is 11.8 Å². The molecule has 0 aromatic heterocycles. The molecule has 1 atom stereocenters. The van der Waals surface area contributed by atoms with Crippen LogP contribution in [0.5, 0.6) is 0 Å². The van der Waals surface area contributed by atoms with Crippen molar-refractivity contribution >= 4 is 21.4 Å². The number of hydrogen-bond donors (Lipinski definition) is 2. The molecule has 2 aromatic rings. The van der Waals surface area contributed by atoms with E-state index < -0.39 is 15.7 Å².